The second-order valence-corrected chi connectivity index (χ2v) is 8.60. The molecule has 0 radical (unpaired) electrons. The van der Waals surface area contributed by atoms with Crippen molar-refractivity contribution in [3.05, 3.63) is 18.0 Å². The molecule has 166 valence electrons. The molecule has 30 heavy (non-hydrogen) atoms. The van der Waals surface area contributed by atoms with Crippen LogP contribution in [0.25, 0.3) is 0 Å². The van der Waals surface area contributed by atoms with Crippen molar-refractivity contribution in [3.63, 3.8) is 0 Å². The molecule has 0 aromatic carbocycles. The first kappa shape index (κ1) is 20.9. The van der Waals surface area contributed by atoms with Crippen molar-refractivity contribution in [2.24, 2.45) is 28.7 Å². The topological polar surface area (TPSA) is 92.6 Å². The first-order chi connectivity index (χ1) is 14.1. The highest BCUT2D eigenvalue weighted by molar-refractivity contribution is 5.96. The largest absolute Gasteiger partial charge is 0.368 e. The zero-order valence-electron chi connectivity index (χ0n) is 16.8. The van der Waals surface area contributed by atoms with Gasteiger partial charge in [0.1, 0.15) is 5.69 Å². The maximum absolute atomic E-state index is 13.8. The van der Waals surface area contributed by atoms with Crippen molar-refractivity contribution < 1.29 is 17.6 Å². The molecule has 2 heterocycles. The normalized spacial score (nSPS) is 29.6. The van der Waals surface area contributed by atoms with Gasteiger partial charge in [-0.2, -0.15) is 10.1 Å². The molecule has 1 aromatic rings. The predicted octanol–water partition coefficient (Wildman–Crippen LogP) is 2.84. The van der Waals surface area contributed by atoms with Crippen LogP contribution in [0.2, 0.25) is 0 Å². The highest BCUT2D eigenvalue weighted by atomic mass is 19.3. The Labute approximate surface area is 172 Å². The number of aryl methyl sites for hydroxylation is 1. The molecule has 1 unspecified atom stereocenters. The molecule has 1 aromatic heterocycles. The van der Waals surface area contributed by atoms with Crippen LogP contribution in [0, 0.1) is 5.92 Å². The average Bonchev–Trinajstić information content (AvgIpc) is 3.10. The zero-order chi connectivity index (χ0) is 21.6. The number of aliphatic imine (C=N–C) groups is 2. The van der Waals surface area contributed by atoms with Gasteiger partial charge in [-0.15, -0.1) is 0 Å². The molecular weight excluding hydrogens is 402 g/mol. The van der Waals surface area contributed by atoms with Crippen LogP contribution in [-0.2, 0) is 12.7 Å². The molecule has 0 amide bonds. The van der Waals surface area contributed by atoms with Crippen LogP contribution >= 0.6 is 0 Å². The summed E-state index contributed by atoms with van der Waals surface area (Å²) in [4.78, 5) is 8.77. The van der Waals surface area contributed by atoms with Gasteiger partial charge in [0.15, 0.2) is 5.66 Å². The number of aromatic nitrogens is 2. The molecule has 0 bridgehead atoms. The van der Waals surface area contributed by atoms with Gasteiger partial charge in [-0.3, -0.25) is 4.68 Å². The minimum atomic E-state index is -2.69. The second-order valence-electron chi connectivity index (χ2n) is 8.60. The van der Waals surface area contributed by atoms with Crippen LogP contribution in [-0.4, -0.2) is 39.6 Å². The summed E-state index contributed by atoms with van der Waals surface area (Å²) in [5.41, 5.74) is 5.46. The Morgan fingerprint density at radius 1 is 1.07 bits per heavy atom. The summed E-state index contributed by atoms with van der Waals surface area (Å²) in [5.74, 6) is -5.27. The fourth-order valence-electron chi connectivity index (χ4n) is 4.60. The van der Waals surface area contributed by atoms with Crippen molar-refractivity contribution in [2.45, 2.75) is 74.9 Å². The van der Waals surface area contributed by atoms with Crippen LogP contribution < -0.4 is 16.4 Å². The number of alkyl halides is 4. The van der Waals surface area contributed by atoms with Crippen LogP contribution in [0.5, 0.6) is 0 Å². The van der Waals surface area contributed by atoms with E-state index in [0.717, 1.165) is 0 Å². The monoisotopic (exact) mass is 429 g/mol. The Hall–Kier alpha value is -2.33. The van der Waals surface area contributed by atoms with Crippen molar-refractivity contribution in [1.29, 1.82) is 0 Å². The Kier molecular flexibility index (Phi) is 5.17. The third kappa shape index (κ3) is 4.24. The zero-order valence-corrected chi connectivity index (χ0v) is 16.8. The molecule has 3 aliphatic rings. The molecular formula is C19H27F4N7. The first-order valence-corrected chi connectivity index (χ1v) is 10.3. The summed E-state index contributed by atoms with van der Waals surface area (Å²) in [6.45, 7) is 0. The van der Waals surface area contributed by atoms with E-state index in [4.69, 9.17) is 5.73 Å². The molecule has 2 aliphatic carbocycles. The van der Waals surface area contributed by atoms with Gasteiger partial charge in [0.25, 0.3) is 0 Å². The molecule has 7 nitrogen and oxygen atoms in total. The summed E-state index contributed by atoms with van der Waals surface area (Å²) in [5, 5.41) is 10.9. The van der Waals surface area contributed by atoms with E-state index >= 15 is 0 Å². The maximum Gasteiger partial charge on any atom is 0.248 e. The lowest BCUT2D eigenvalue weighted by Gasteiger charge is -2.43. The summed E-state index contributed by atoms with van der Waals surface area (Å²) < 4.78 is 56.2. The maximum atomic E-state index is 13.8. The van der Waals surface area contributed by atoms with Gasteiger partial charge in [-0.1, -0.05) is 0 Å². The Morgan fingerprint density at radius 2 is 1.67 bits per heavy atom. The predicted molar refractivity (Wildman–Crippen MR) is 104 cm³/mol. The van der Waals surface area contributed by atoms with Gasteiger partial charge < -0.3 is 16.4 Å². The lowest BCUT2D eigenvalue weighted by atomic mass is 9.77. The molecule has 1 aliphatic heterocycles. The number of hydrogen-bond acceptors (Lipinski definition) is 6. The molecule has 4 rings (SSSR count). The Balaban J connectivity index is 1.59. The molecule has 2 fully saturated rings. The highest BCUT2D eigenvalue weighted by Crippen LogP contribution is 2.45. The van der Waals surface area contributed by atoms with E-state index in [1.807, 2.05) is 0 Å². The number of nitrogens with two attached hydrogens (primary N) is 1. The van der Waals surface area contributed by atoms with Crippen LogP contribution in [0.15, 0.2) is 22.2 Å². The number of nitrogens with one attached hydrogen (secondary N) is 2. The number of rotatable bonds is 3. The van der Waals surface area contributed by atoms with Crippen LogP contribution in [0.4, 0.5) is 17.6 Å². The quantitative estimate of drug-likeness (QED) is 0.645. The van der Waals surface area contributed by atoms with Crippen LogP contribution in [0.3, 0.4) is 0 Å². The SMILES string of the molecule is Cn1ccc(C2(C3CCC(F)(F)CC3)N=C(N)N=C(NC3CCC(F)(F)CC3)N2)n1. The average molecular weight is 429 g/mol. The van der Waals surface area contributed by atoms with Gasteiger partial charge in [0.05, 0.1) is 0 Å². The number of hydrogen-bond donors (Lipinski definition) is 3. The summed E-state index contributed by atoms with van der Waals surface area (Å²) in [6, 6.07) is 1.60. The van der Waals surface area contributed by atoms with E-state index in [1.165, 1.54) is 0 Å². The summed E-state index contributed by atoms with van der Waals surface area (Å²) >= 11 is 0. The molecule has 2 saturated carbocycles. The fraction of sp³-hybridized carbons (Fsp3) is 0.737. The van der Waals surface area contributed by atoms with Crippen molar-refractivity contribution >= 4 is 11.9 Å². The van der Waals surface area contributed by atoms with E-state index < -0.39 is 17.5 Å². The van der Waals surface area contributed by atoms with E-state index in [1.54, 1.807) is 24.0 Å². The van der Waals surface area contributed by atoms with Gasteiger partial charge in [0, 0.05) is 50.9 Å². The molecule has 11 heteroatoms. The third-order valence-corrected chi connectivity index (χ3v) is 6.30. The van der Waals surface area contributed by atoms with E-state index in [9.17, 15) is 17.6 Å². The lowest BCUT2D eigenvalue weighted by Crippen LogP contribution is -2.60. The summed E-state index contributed by atoms with van der Waals surface area (Å²) in [6.07, 6.45) is 2.00. The third-order valence-electron chi connectivity index (χ3n) is 6.30. The van der Waals surface area contributed by atoms with Gasteiger partial charge in [-0.25, -0.2) is 22.6 Å². The van der Waals surface area contributed by atoms with Gasteiger partial charge in [0.2, 0.25) is 23.8 Å². The molecule has 1 atom stereocenters. The molecule has 0 spiro atoms. The highest BCUT2D eigenvalue weighted by Gasteiger charge is 2.49. The van der Waals surface area contributed by atoms with E-state index in [2.05, 4.69) is 25.7 Å². The standard InChI is InChI=1S/C19H27F4N7/c1-30-11-6-14(29-30)19(12-2-7-17(20,21)8-3-12)27-15(24)26-16(28-19)25-13-4-9-18(22,23)10-5-13/h6,11-13H,2-5,7-10H2,1H3,(H4,24,25,26,27,28). The van der Waals surface area contributed by atoms with Crippen molar-refractivity contribution in [1.82, 2.24) is 20.4 Å². The Bertz CT molecular complexity index is 830. The smallest absolute Gasteiger partial charge is 0.248 e. The number of nitrogens with zero attached hydrogens (tertiary/aromatic N) is 4. The van der Waals surface area contributed by atoms with Crippen LogP contribution in [0.1, 0.15) is 57.1 Å². The minimum Gasteiger partial charge on any atom is -0.368 e. The van der Waals surface area contributed by atoms with E-state index in [-0.39, 0.29) is 56.4 Å². The summed E-state index contributed by atoms with van der Waals surface area (Å²) in [7, 11) is 1.76. The Morgan fingerprint density at radius 3 is 2.23 bits per heavy atom. The first-order valence-electron chi connectivity index (χ1n) is 10.3. The second kappa shape index (κ2) is 7.42. The number of guanidine groups is 2. The van der Waals surface area contributed by atoms with Gasteiger partial charge >= 0.3 is 0 Å². The minimum absolute atomic E-state index is 0.000348. The number of halogens is 4. The lowest BCUT2D eigenvalue weighted by molar-refractivity contribution is -0.0569. The molecule has 4 N–H and O–H groups in total. The fourth-order valence-corrected chi connectivity index (χ4v) is 4.60. The van der Waals surface area contributed by atoms with E-state index in [0.29, 0.717) is 24.5 Å². The molecule has 0 saturated heterocycles. The van der Waals surface area contributed by atoms with Gasteiger partial charge in [-0.05, 0) is 31.7 Å². The van der Waals surface area contributed by atoms with Crippen molar-refractivity contribution in [2.75, 3.05) is 0 Å². The van der Waals surface area contributed by atoms with Crippen molar-refractivity contribution in [3.8, 4) is 0 Å².